The van der Waals surface area contributed by atoms with Crippen molar-refractivity contribution in [2.24, 2.45) is 0 Å². The van der Waals surface area contributed by atoms with E-state index >= 15 is 0 Å². The zero-order valence-corrected chi connectivity index (χ0v) is 7.38. The summed E-state index contributed by atoms with van der Waals surface area (Å²) in [5, 5.41) is 5.99. The Bertz CT molecular complexity index is 236. The van der Waals surface area contributed by atoms with Crippen LogP contribution in [-0.2, 0) is 4.74 Å². The van der Waals surface area contributed by atoms with Crippen molar-refractivity contribution in [3.05, 3.63) is 12.0 Å². The molecular formula is C8H13N3O2. The molecule has 5 nitrogen and oxygen atoms in total. The standard InChI is InChI=1S/C8H13N3O2/c12-8(11-2-1-3-11)13-7-4-9-6-10-5-7/h4,9-10H,1-3,5-6H2. The third-order valence-corrected chi connectivity index (χ3v) is 2.12. The first-order chi connectivity index (χ1) is 6.36. The first kappa shape index (κ1) is 8.37. The van der Waals surface area contributed by atoms with Gasteiger partial charge < -0.3 is 15.0 Å². The highest BCUT2D eigenvalue weighted by molar-refractivity contribution is 5.69. The van der Waals surface area contributed by atoms with Gasteiger partial charge in [0.15, 0.2) is 0 Å². The zero-order chi connectivity index (χ0) is 9.10. The van der Waals surface area contributed by atoms with E-state index in [1.165, 1.54) is 0 Å². The Hall–Kier alpha value is -1.23. The summed E-state index contributed by atoms with van der Waals surface area (Å²) < 4.78 is 5.12. The Morgan fingerprint density at radius 3 is 2.92 bits per heavy atom. The number of hydrogen-bond donors (Lipinski definition) is 2. The molecule has 0 atom stereocenters. The van der Waals surface area contributed by atoms with E-state index in [-0.39, 0.29) is 6.09 Å². The third kappa shape index (κ3) is 1.92. The summed E-state index contributed by atoms with van der Waals surface area (Å²) in [7, 11) is 0. The number of carbonyl (C=O) groups excluding carboxylic acids is 1. The highest BCUT2D eigenvalue weighted by Crippen LogP contribution is 2.10. The predicted octanol–water partition coefficient (Wildman–Crippen LogP) is -0.180. The van der Waals surface area contributed by atoms with Crippen LogP contribution in [0.1, 0.15) is 6.42 Å². The second-order valence-electron chi connectivity index (χ2n) is 3.13. The second-order valence-corrected chi connectivity index (χ2v) is 3.13. The molecule has 0 spiro atoms. The molecule has 0 aromatic carbocycles. The molecule has 0 aromatic heterocycles. The molecule has 1 saturated heterocycles. The van der Waals surface area contributed by atoms with E-state index in [0.717, 1.165) is 26.2 Å². The van der Waals surface area contributed by atoms with Crippen LogP contribution in [0.25, 0.3) is 0 Å². The zero-order valence-electron chi connectivity index (χ0n) is 7.38. The van der Waals surface area contributed by atoms with Gasteiger partial charge in [0.2, 0.25) is 0 Å². The van der Waals surface area contributed by atoms with Crippen molar-refractivity contribution in [3.63, 3.8) is 0 Å². The molecular weight excluding hydrogens is 170 g/mol. The van der Waals surface area contributed by atoms with Crippen molar-refractivity contribution in [2.45, 2.75) is 6.42 Å². The summed E-state index contributed by atoms with van der Waals surface area (Å²) >= 11 is 0. The number of hydrogen-bond acceptors (Lipinski definition) is 4. The fraction of sp³-hybridized carbons (Fsp3) is 0.625. The summed E-state index contributed by atoms with van der Waals surface area (Å²) in [4.78, 5) is 13.0. The van der Waals surface area contributed by atoms with Gasteiger partial charge in [-0.3, -0.25) is 5.32 Å². The largest absolute Gasteiger partial charge is 0.415 e. The van der Waals surface area contributed by atoms with Crippen LogP contribution in [0.15, 0.2) is 12.0 Å². The Labute approximate surface area is 76.7 Å². The Morgan fingerprint density at radius 2 is 2.38 bits per heavy atom. The summed E-state index contributed by atoms with van der Waals surface area (Å²) in [5.41, 5.74) is 0. The smallest absolute Gasteiger partial charge is 0.412 e. The van der Waals surface area contributed by atoms with Gasteiger partial charge in [-0.05, 0) is 6.42 Å². The number of amides is 1. The van der Waals surface area contributed by atoms with Crippen LogP contribution in [0.4, 0.5) is 4.79 Å². The Balaban J connectivity index is 1.82. The molecule has 5 heteroatoms. The number of likely N-dealkylation sites (tertiary alicyclic amines) is 1. The summed E-state index contributed by atoms with van der Waals surface area (Å²) in [5.74, 6) is 0.656. The molecule has 0 aliphatic carbocycles. The van der Waals surface area contributed by atoms with Gasteiger partial charge >= 0.3 is 6.09 Å². The maximum Gasteiger partial charge on any atom is 0.415 e. The molecule has 0 aromatic rings. The topological polar surface area (TPSA) is 53.6 Å². The molecule has 2 N–H and O–H groups in total. The molecule has 0 saturated carbocycles. The van der Waals surface area contributed by atoms with Crippen LogP contribution >= 0.6 is 0 Å². The molecule has 1 fully saturated rings. The minimum Gasteiger partial charge on any atom is -0.412 e. The van der Waals surface area contributed by atoms with Gasteiger partial charge in [-0.2, -0.15) is 0 Å². The number of nitrogens with zero attached hydrogens (tertiary/aromatic N) is 1. The molecule has 1 amide bonds. The van der Waals surface area contributed by atoms with Crippen LogP contribution in [0.3, 0.4) is 0 Å². The molecule has 2 rings (SSSR count). The molecule has 0 unspecified atom stereocenters. The molecule has 2 aliphatic rings. The lowest BCUT2D eigenvalue weighted by Gasteiger charge is -2.30. The molecule has 0 radical (unpaired) electrons. The lowest BCUT2D eigenvalue weighted by molar-refractivity contribution is 0.101. The molecule has 13 heavy (non-hydrogen) atoms. The first-order valence-corrected chi connectivity index (χ1v) is 4.46. The quantitative estimate of drug-likeness (QED) is 0.592. The van der Waals surface area contributed by atoms with Crippen molar-refractivity contribution < 1.29 is 9.53 Å². The normalized spacial score (nSPS) is 21.2. The fourth-order valence-electron chi connectivity index (χ4n) is 1.21. The lowest BCUT2D eigenvalue weighted by atomic mass is 10.2. The number of nitrogens with one attached hydrogen (secondary N) is 2. The predicted molar refractivity (Wildman–Crippen MR) is 46.8 cm³/mol. The van der Waals surface area contributed by atoms with Crippen LogP contribution in [0.2, 0.25) is 0 Å². The number of carbonyl (C=O) groups is 1. The minimum absolute atomic E-state index is 0.233. The lowest BCUT2D eigenvalue weighted by Crippen LogP contribution is -2.43. The van der Waals surface area contributed by atoms with Crippen molar-refractivity contribution in [3.8, 4) is 0 Å². The highest BCUT2D eigenvalue weighted by atomic mass is 16.6. The van der Waals surface area contributed by atoms with E-state index < -0.39 is 0 Å². The van der Waals surface area contributed by atoms with Gasteiger partial charge in [-0.25, -0.2) is 4.79 Å². The van der Waals surface area contributed by atoms with Crippen LogP contribution in [-0.4, -0.2) is 37.3 Å². The van der Waals surface area contributed by atoms with Crippen molar-refractivity contribution in [1.29, 1.82) is 0 Å². The molecule has 72 valence electrons. The Kier molecular flexibility index (Phi) is 2.35. The summed E-state index contributed by atoms with van der Waals surface area (Å²) in [6.45, 7) is 3.00. The van der Waals surface area contributed by atoms with Crippen molar-refractivity contribution in [2.75, 3.05) is 26.3 Å². The average Bonchev–Trinajstić information content (AvgIpc) is 2.02. The fourth-order valence-corrected chi connectivity index (χ4v) is 1.21. The van der Waals surface area contributed by atoms with E-state index in [1.807, 2.05) is 0 Å². The van der Waals surface area contributed by atoms with E-state index in [0.29, 0.717) is 12.3 Å². The van der Waals surface area contributed by atoms with Gasteiger partial charge in [0.25, 0.3) is 0 Å². The number of rotatable bonds is 1. The minimum atomic E-state index is -0.233. The van der Waals surface area contributed by atoms with Gasteiger partial charge in [-0.15, -0.1) is 0 Å². The summed E-state index contributed by atoms with van der Waals surface area (Å²) in [6.07, 6.45) is 2.58. The maximum atomic E-state index is 11.3. The van der Waals surface area contributed by atoms with E-state index in [9.17, 15) is 4.79 Å². The van der Waals surface area contributed by atoms with Crippen LogP contribution in [0, 0.1) is 0 Å². The van der Waals surface area contributed by atoms with Crippen molar-refractivity contribution in [1.82, 2.24) is 15.5 Å². The molecule has 2 aliphatic heterocycles. The van der Waals surface area contributed by atoms with Gasteiger partial charge in [-0.1, -0.05) is 0 Å². The van der Waals surface area contributed by atoms with E-state index in [1.54, 1.807) is 11.1 Å². The van der Waals surface area contributed by atoms with Gasteiger partial charge in [0, 0.05) is 19.3 Å². The average molecular weight is 183 g/mol. The SMILES string of the molecule is O=C(OC1=CNCNC1)N1CCC1. The molecule has 2 heterocycles. The van der Waals surface area contributed by atoms with Gasteiger partial charge in [0.05, 0.1) is 13.2 Å². The highest BCUT2D eigenvalue weighted by Gasteiger charge is 2.22. The van der Waals surface area contributed by atoms with Crippen LogP contribution < -0.4 is 10.6 Å². The Morgan fingerprint density at radius 1 is 1.54 bits per heavy atom. The van der Waals surface area contributed by atoms with E-state index in [2.05, 4.69) is 10.6 Å². The second kappa shape index (κ2) is 3.66. The molecule has 0 bridgehead atoms. The monoisotopic (exact) mass is 183 g/mol. The summed E-state index contributed by atoms with van der Waals surface area (Å²) in [6, 6.07) is 0. The third-order valence-electron chi connectivity index (χ3n) is 2.12. The van der Waals surface area contributed by atoms with Crippen molar-refractivity contribution >= 4 is 6.09 Å². The van der Waals surface area contributed by atoms with Crippen LogP contribution in [0.5, 0.6) is 0 Å². The number of ether oxygens (including phenoxy) is 1. The van der Waals surface area contributed by atoms with E-state index in [4.69, 9.17) is 4.74 Å². The van der Waals surface area contributed by atoms with Gasteiger partial charge in [0.1, 0.15) is 5.76 Å². The first-order valence-electron chi connectivity index (χ1n) is 4.46. The maximum absolute atomic E-state index is 11.3.